The molecule has 3 nitrogen and oxygen atoms in total. The maximum atomic E-state index is 11.4. The molecule has 1 aromatic rings. The van der Waals surface area contributed by atoms with Crippen molar-refractivity contribution >= 4 is 5.91 Å². The molecule has 0 saturated carbocycles. The summed E-state index contributed by atoms with van der Waals surface area (Å²) in [5.74, 6) is 5.28. The number of amides is 1. The minimum absolute atomic E-state index is 0.231. The summed E-state index contributed by atoms with van der Waals surface area (Å²) >= 11 is 0. The number of nitrogens with two attached hydrogens (primary N) is 1. The Morgan fingerprint density at radius 2 is 2.07 bits per heavy atom. The molecule has 0 heterocycles. The van der Waals surface area contributed by atoms with Crippen LogP contribution in [0, 0.1) is 6.92 Å². The molecule has 0 atom stereocenters. The molecule has 0 radical (unpaired) electrons. The lowest BCUT2D eigenvalue weighted by atomic mass is 9.97. The summed E-state index contributed by atoms with van der Waals surface area (Å²) in [4.78, 5) is 11.4. The Bertz CT molecular complexity index is 345. The van der Waals surface area contributed by atoms with Crippen molar-refractivity contribution in [2.45, 2.75) is 26.7 Å². The SMILES string of the molecule is Cc1ccc(C(C)C)cc1C(=O)NN. The van der Waals surface area contributed by atoms with Gasteiger partial charge in [-0.2, -0.15) is 0 Å². The van der Waals surface area contributed by atoms with Crippen LogP contribution in [0.25, 0.3) is 0 Å². The first-order valence-corrected chi connectivity index (χ1v) is 4.67. The molecule has 3 N–H and O–H groups in total. The van der Waals surface area contributed by atoms with E-state index in [0.29, 0.717) is 11.5 Å². The monoisotopic (exact) mass is 192 g/mol. The van der Waals surface area contributed by atoms with Crippen LogP contribution in [0.5, 0.6) is 0 Å². The standard InChI is InChI=1S/C11H16N2O/c1-7(2)9-5-4-8(3)10(6-9)11(14)13-12/h4-7H,12H2,1-3H3,(H,13,14). The van der Waals surface area contributed by atoms with Gasteiger partial charge in [-0.1, -0.05) is 26.0 Å². The number of rotatable bonds is 2. The topological polar surface area (TPSA) is 55.1 Å². The van der Waals surface area contributed by atoms with E-state index in [0.717, 1.165) is 11.1 Å². The van der Waals surface area contributed by atoms with Gasteiger partial charge in [0, 0.05) is 5.56 Å². The minimum atomic E-state index is -0.231. The molecule has 0 aliphatic heterocycles. The highest BCUT2D eigenvalue weighted by atomic mass is 16.2. The van der Waals surface area contributed by atoms with Gasteiger partial charge in [-0.15, -0.1) is 0 Å². The molecule has 3 heteroatoms. The predicted molar refractivity (Wildman–Crippen MR) is 56.9 cm³/mol. The first-order valence-electron chi connectivity index (χ1n) is 4.67. The maximum Gasteiger partial charge on any atom is 0.265 e. The minimum Gasteiger partial charge on any atom is -0.290 e. The number of hydrogen-bond acceptors (Lipinski definition) is 2. The fourth-order valence-corrected chi connectivity index (χ4v) is 1.32. The van der Waals surface area contributed by atoms with E-state index in [2.05, 4.69) is 19.3 Å². The van der Waals surface area contributed by atoms with E-state index in [4.69, 9.17) is 5.84 Å². The summed E-state index contributed by atoms with van der Waals surface area (Å²) < 4.78 is 0. The maximum absolute atomic E-state index is 11.4. The van der Waals surface area contributed by atoms with E-state index in [1.54, 1.807) is 0 Å². The second-order valence-electron chi connectivity index (χ2n) is 3.70. The van der Waals surface area contributed by atoms with Gasteiger partial charge in [0.2, 0.25) is 0 Å². The molecule has 0 aliphatic rings. The molecule has 1 amide bonds. The Morgan fingerprint density at radius 3 is 2.57 bits per heavy atom. The Balaban J connectivity index is 3.15. The van der Waals surface area contributed by atoms with Crippen LogP contribution in [0.2, 0.25) is 0 Å². The van der Waals surface area contributed by atoms with E-state index < -0.39 is 0 Å². The molecular weight excluding hydrogens is 176 g/mol. The number of nitrogen functional groups attached to an aromatic ring is 1. The van der Waals surface area contributed by atoms with Crippen molar-refractivity contribution in [3.63, 3.8) is 0 Å². The number of carbonyl (C=O) groups excluding carboxylic acids is 1. The normalized spacial score (nSPS) is 10.4. The molecule has 76 valence electrons. The molecule has 1 rings (SSSR count). The molecule has 0 spiro atoms. The van der Waals surface area contributed by atoms with Gasteiger partial charge in [0.15, 0.2) is 0 Å². The third-order valence-corrected chi connectivity index (χ3v) is 2.30. The van der Waals surface area contributed by atoms with E-state index in [-0.39, 0.29) is 5.91 Å². The van der Waals surface area contributed by atoms with Gasteiger partial charge in [-0.25, -0.2) is 5.84 Å². The molecule has 0 bridgehead atoms. The van der Waals surface area contributed by atoms with E-state index in [9.17, 15) is 4.79 Å². The highest BCUT2D eigenvalue weighted by Gasteiger charge is 2.09. The van der Waals surface area contributed by atoms with Gasteiger partial charge in [-0.3, -0.25) is 10.2 Å². The smallest absolute Gasteiger partial charge is 0.265 e. The van der Waals surface area contributed by atoms with Crippen LogP contribution in [-0.4, -0.2) is 5.91 Å². The number of carbonyl (C=O) groups is 1. The van der Waals surface area contributed by atoms with Gasteiger partial charge >= 0.3 is 0 Å². The van der Waals surface area contributed by atoms with Crippen molar-refractivity contribution in [1.82, 2.24) is 5.43 Å². The van der Waals surface area contributed by atoms with Crippen molar-refractivity contribution in [1.29, 1.82) is 0 Å². The number of aryl methyl sites for hydroxylation is 1. The van der Waals surface area contributed by atoms with Crippen LogP contribution in [0.3, 0.4) is 0 Å². The Kier molecular flexibility index (Phi) is 3.25. The highest BCUT2D eigenvalue weighted by molar-refractivity contribution is 5.95. The lowest BCUT2D eigenvalue weighted by Gasteiger charge is -2.09. The number of nitrogens with one attached hydrogen (secondary N) is 1. The molecular formula is C11H16N2O. The Labute approximate surface area is 84.3 Å². The zero-order chi connectivity index (χ0) is 10.7. The summed E-state index contributed by atoms with van der Waals surface area (Å²) in [6.07, 6.45) is 0. The van der Waals surface area contributed by atoms with Crippen LogP contribution in [0.4, 0.5) is 0 Å². The Morgan fingerprint density at radius 1 is 1.43 bits per heavy atom. The summed E-state index contributed by atoms with van der Waals surface area (Å²) in [5, 5.41) is 0. The molecule has 0 fully saturated rings. The van der Waals surface area contributed by atoms with Crippen LogP contribution in [0.1, 0.15) is 41.3 Å². The van der Waals surface area contributed by atoms with Crippen molar-refractivity contribution in [2.24, 2.45) is 5.84 Å². The van der Waals surface area contributed by atoms with Crippen LogP contribution >= 0.6 is 0 Å². The molecule has 0 aromatic heterocycles. The number of hydrogen-bond donors (Lipinski definition) is 2. The molecule has 0 unspecified atom stereocenters. The van der Waals surface area contributed by atoms with Gasteiger partial charge in [0.1, 0.15) is 0 Å². The number of benzene rings is 1. The lowest BCUT2D eigenvalue weighted by Crippen LogP contribution is -2.30. The fourth-order valence-electron chi connectivity index (χ4n) is 1.32. The summed E-state index contributed by atoms with van der Waals surface area (Å²) in [6.45, 7) is 6.08. The Hall–Kier alpha value is -1.35. The third kappa shape index (κ3) is 2.12. The van der Waals surface area contributed by atoms with E-state index in [1.165, 1.54) is 0 Å². The van der Waals surface area contributed by atoms with Crippen molar-refractivity contribution in [3.05, 3.63) is 34.9 Å². The highest BCUT2D eigenvalue weighted by Crippen LogP contribution is 2.18. The lowest BCUT2D eigenvalue weighted by molar-refractivity contribution is 0.0953. The van der Waals surface area contributed by atoms with E-state index >= 15 is 0 Å². The van der Waals surface area contributed by atoms with Gasteiger partial charge in [0.05, 0.1) is 0 Å². The zero-order valence-corrected chi connectivity index (χ0v) is 8.79. The average Bonchev–Trinajstić information content (AvgIpc) is 2.17. The van der Waals surface area contributed by atoms with Gasteiger partial charge in [-0.05, 0) is 30.0 Å². The summed E-state index contributed by atoms with van der Waals surface area (Å²) in [7, 11) is 0. The van der Waals surface area contributed by atoms with Crippen LogP contribution in [0.15, 0.2) is 18.2 Å². The van der Waals surface area contributed by atoms with Crippen molar-refractivity contribution in [3.8, 4) is 0 Å². The second kappa shape index (κ2) is 4.24. The average molecular weight is 192 g/mol. The number of hydrazine groups is 1. The first-order chi connectivity index (χ1) is 6.56. The second-order valence-corrected chi connectivity index (χ2v) is 3.70. The molecule has 0 aliphatic carbocycles. The van der Waals surface area contributed by atoms with Gasteiger partial charge in [0.25, 0.3) is 5.91 Å². The van der Waals surface area contributed by atoms with E-state index in [1.807, 2.05) is 25.1 Å². The summed E-state index contributed by atoms with van der Waals surface area (Å²) in [6, 6.07) is 5.87. The van der Waals surface area contributed by atoms with Gasteiger partial charge < -0.3 is 0 Å². The molecule has 14 heavy (non-hydrogen) atoms. The molecule has 0 saturated heterocycles. The zero-order valence-electron chi connectivity index (χ0n) is 8.79. The van der Waals surface area contributed by atoms with Crippen molar-refractivity contribution in [2.75, 3.05) is 0 Å². The molecule has 1 aromatic carbocycles. The van der Waals surface area contributed by atoms with Crippen molar-refractivity contribution < 1.29 is 4.79 Å². The third-order valence-electron chi connectivity index (χ3n) is 2.30. The summed E-state index contributed by atoms with van der Waals surface area (Å²) in [5.41, 5.74) is 4.89. The first kappa shape index (κ1) is 10.7. The predicted octanol–water partition coefficient (Wildman–Crippen LogP) is 1.72. The largest absolute Gasteiger partial charge is 0.290 e. The quantitative estimate of drug-likeness (QED) is 0.426. The van der Waals surface area contributed by atoms with Crippen LogP contribution < -0.4 is 11.3 Å². The fraction of sp³-hybridized carbons (Fsp3) is 0.364. The van der Waals surface area contributed by atoms with Crippen LogP contribution in [-0.2, 0) is 0 Å².